The first-order chi connectivity index (χ1) is 15.0. The lowest BCUT2D eigenvalue weighted by Gasteiger charge is -2.34. The van der Waals surface area contributed by atoms with Crippen molar-refractivity contribution in [3.63, 3.8) is 0 Å². The largest absolute Gasteiger partial charge is 0.338 e. The molecule has 2 amide bonds. The highest BCUT2D eigenvalue weighted by Crippen LogP contribution is 2.23. The molecule has 0 atom stereocenters. The molecule has 2 aromatic carbocycles. The van der Waals surface area contributed by atoms with Gasteiger partial charge in [0.1, 0.15) is 11.7 Å². The van der Waals surface area contributed by atoms with Crippen molar-refractivity contribution >= 4 is 34.8 Å². The van der Waals surface area contributed by atoms with E-state index in [1.54, 1.807) is 21.9 Å². The lowest BCUT2D eigenvalue weighted by molar-refractivity contribution is -0.129. The lowest BCUT2D eigenvalue weighted by atomic mass is 9.94. The van der Waals surface area contributed by atoms with E-state index >= 15 is 0 Å². The zero-order chi connectivity index (χ0) is 22.0. The van der Waals surface area contributed by atoms with Crippen molar-refractivity contribution in [2.45, 2.75) is 6.42 Å². The Kier molecular flexibility index (Phi) is 6.04. The highest BCUT2D eigenvalue weighted by Gasteiger charge is 2.26. The summed E-state index contributed by atoms with van der Waals surface area (Å²) in [5, 5.41) is 4.40. The maximum atomic E-state index is 14.5. The van der Waals surface area contributed by atoms with Crippen molar-refractivity contribution in [2.75, 3.05) is 32.1 Å². The number of piperazine rings is 1. The Morgan fingerprint density at radius 1 is 1.06 bits per heavy atom. The molecule has 1 N–H and O–H groups in total. The van der Waals surface area contributed by atoms with Crippen LogP contribution in [0.25, 0.3) is 5.70 Å². The average Bonchev–Trinajstić information content (AvgIpc) is 2.81. The predicted molar refractivity (Wildman–Crippen MR) is 118 cm³/mol. The Balaban J connectivity index is 1.51. The maximum absolute atomic E-state index is 14.5. The fraction of sp³-hybridized carbons (Fsp3) is 0.261. The van der Waals surface area contributed by atoms with Crippen LogP contribution in [0.15, 0.2) is 54.1 Å². The van der Waals surface area contributed by atoms with Gasteiger partial charge in [-0.3, -0.25) is 15.0 Å². The molecular formula is C23H22ClFN4O2. The second-order valence-corrected chi connectivity index (χ2v) is 7.76. The molecule has 2 heterocycles. The number of amides is 2. The monoisotopic (exact) mass is 440 g/mol. The van der Waals surface area contributed by atoms with E-state index in [1.165, 1.54) is 6.07 Å². The molecule has 0 radical (unpaired) electrons. The van der Waals surface area contributed by atoms with Crippen LogP contribution >= 0.6 is 11.6 Å². The minimum absolute atomic E-state index is 0.0247. The average molecular weight is 441 g/mol. The molecule has 0 saturated carbocycles. The van der Waals surface area contributed by atoms with E-state index in [0.29, 0.717) is 32.6 Å². The summed E-state index contributed by atoms with van der Waals surface area (Å²) in [5.74, 6) is -1.19. The summed E-state index contributed by atoms with van der Waals surface area (Å²) in [6.45, 7) is 5.44. The molecule has 8 heteroatoms. The number of carbonyl (C=O) groups is 2. The lowest BCUT2D eigenvalue weighted by Crippen LogP contribution is -2.51. The summed E-state index contributed by atoms with van der Waals surface area (Å²) in [4.78, 5) is 27.9. The molecule has 31 heavy (non-hydrogen) atoms. The number of hydrogen-bond donors (Lipinski definition) is 1. The van der Waals surface area contributed by atoms with E-state index in [2.05, 4.69) is 17.1 Å². The van der Waals surface area contributed by atoms with E-state index in [0.717, 1.165) is 28.1 Å². The van der Waals surface area contributed by atoms with Crippen molar-refractivity contribution in [3.05, 3.63) is 77.1 Å². The number of nitrogens with zero attached hydrogens (tertiary/aromatic N) is 3. The van der Waals surface area contributed by atoms with Gasteiger partial charge in [-0.25, -0.2) is 4.39 Å². The maximum Gasteiger partial charge on any atom is 0.256 e. The molecule has 2 aromatic rings. The molecule has 6 nitrogen and oxygen atoms in total. The van der Waals surface area contributed by atoms with E-state index in [1.807, 2.05) is 24.3 Å². The van der Waals surface area contributed by atoms with Crippen LogP contribution in [0, 0.1) is 5.82 Å². The smallest absolute Gasteiger partial charge is 0.256 e. The standard InChI is InChI=1S/C23H22ClFN4O2/c1-15-17-4-2-3-5-18(17)21(27-26-15)13-16-6-7-20(25)19(12-16)23(31)29-10-8-28(9-11-29)22(30)14-24/h2-7,12,26H,1,8-11,13-14H2. The molecule has 1 fully saturated rings. The molecule has 2 aliphatic rings. The number of halogens is 2. The summed E-state index contributed by atoms with van der Waals surface area (Å²) < 4.78 is 14.5. The topological polar surface area (TPSA) is 65.0 Å². The highest BCUT2D eigenvalue weighted by atomic mass is 35.5. The molecule has 2 aliphatic heterocycles. The van der Waals surface area contributed by atoms with E-state index < -0.39 is 5.82 Å². The van der Waals surface area contributed by atoms with Crippen LogP contribution in [0.3, 0.4) is 0 Å². The van der Waals surface area contributed by atoms with Crippen LogP contribution in [0.5, 0.6) is 0 Å². The van der Waals surface area contributed by atoms with Crippen LogP contribution < -0.4 is 5.43 Å². The Hall–Kier alpha value is -3.19. The third-order valence-electron chi connectivity index (χ3n) is 5.56. The van der Waals surface area contributed by atoms with Gasteiger partial charge in [0.15, 0.2) is 0 Å². The first kappa shape index (κ1) is 21.1. The number of carbonyl (C=O) groups excluding carboxylic acids is 2. The molecule has 160 valence electrons. The normalized spacial score (nSPS) is 15.8. The zero-order valence-electron chi connectivity index (χ0n) is 16.9. The summed E-state index contributed by atoms with van der Waals surface area (Å²) in [6.07, 6.45) is 0.440. The second kappa shape index (κ2) is 8.89. The minimum atomic E-state index is -0.564. The van der Waals surface area contributed by atoms with Crippen LogP contribution in [0.4, 0.5) is 4.39 Å². The molecule has 4 rings (SSSR count). The number of alkyl halides is 1. The van der Waals surface area contributed by atoms with Crippen molar-refractivity contribution in [2.24, 2.45) is 5.10 Å². The van der Waals surface area contributed by atoms with Crippen LogP contribution in [-0.2, 0) is 11.2 Å². The Morgan fingerprint density at radius 2 is 1.74 bits per heavy atom. The highest BCUT2D eigenvalue weighted by molar-refractivity contribution is 6.27. The van der Waals surface area contributed by atoms with Crippen LogP contribution in [0.1, 0.15) is 27.0 Å². The molecule has 0 bridgehead atoms. The molecule has 0 aliphatic carbocycles. The number of hydrazone groups is 1. The third-order valence-corrected chi connectivity index (χ3v) is 5.78. The van der Waals surface area contributed by atoms with Crippen molar-refractivity contribution in [3.8, 4) is 0 Å². The number of hydrogen-bond acceptors (Lipinski definition) is 4. The summed E-state index contributed by atoms with van der Waals surface area (Å²) >= 11 is 5.60. The van der Waals surface area contributed by atoms with Crippen molar-refractivity contribution < 1.29 is 14.0 Å². The molecule has 0 unspecified atom stereocenters. The number of benzene rings is 2. The summed E-state index contributed by atoms with van der Waals surface area (Å²) in [5.41, 5.74) is 7.18. The third kappa shape index (κ3) is 4.32. The number of fused-ring (bicyclic) bond motifs is 1. The SMILES string of the molecule is C=C1NN=C(Cc2ccc(F)c(C(=O)N3CCN(C(=O)CCl)CC3)c2)c2ccccc21. The van der Waals surface area contributed by atoms with Crippen molar-refractivity contribution in [1.82, 2.24) is 15.2 Å². The van der Waals surface area contributed by atoms with E-state index in [9.17, 15) is 14.0 Å². The van der Waals surface area contributed by atoms with Gasteiger partial charge in [-0.05, 0) is 17.7 Å². The molecule has 1 saturated heterocycles. The van der Waals surface area contributed by atoms with E-state index in [4.69, 9.17) is 11.6 Å². The van der Waals surface area contributed by atoms with Gasteiger partial charge in [0, 0.05) is 43.7 Å². The molecule has 0 spiro atoms. The predicted octanol–water partition coefficient (Wildman–Crippen LogP) is 2.87. The minimum Gasteiger partial charge on any atom is -0.338 e. The Bertz CT molecular complexity index is 1080. The summed E-state index contributed by atoms with van der Waals surface area (Å²) in [6, 6.07) is 12.4. The molecule has 0 aromatic heterocycles. The van der Waals surface area contributed by atoms with Gasteiger partial charge in [0.2, 0.25) is 5.91 Å². The number of rotatable bonds is 4. The first-order valence-corrected chi connectivity index (χ1v) is 10.5. The van der Waals surface area contributed by atoms with Gasteiger partial charge < -0.3 is 9.80 Å². The Labute approximate surface area is 185 Å². The van der Waals surface area contributed by atoms with Gasteiger partial charge in [-0.2, -0.15) is 5.10 Å². The van der Waals surface area contributed by atoms with E-state index in [-0.39, 0.29) is 23.3 Å². The van der Waals surface area contributed by atoms with Gasteiger partial charge in [-0.1, -0.05) is 36.9 Å². The van der Waals surface area contributed by atoms with Crippen LogP contribution in [0.2, 0.25) is 0 Å². The quantitative estimate of drug-likeness (QED) is 0.743. The zero-order valence-corrected chi connectivity index (χ0v) is 17.7. The van der Waals surface area contributed by atoms with Gasteiger partial charge in [-0.15, -0.1) is 11.6 Å². The van der Waals surface area contributed by atoms with Gasteiger partial charge in [0.05, 0.1) is 17.0 Å². The molecular weight excluding hydrogens is 419 g/mol. The van der Waals surface area contributed by atoms with Gasteiger partial charge >= 0.3 is 0 Å². The second-order valence-electron chi connectivity index (χ2n) is 7.49. The first-order valence-electron chi connectivity index (χ1n) is 10.0. The summed E-state index contributed by atoms with van der Waals surface area (Å²) in [7, 11) is 0. The Morgan fingerprint density at radius 3 is 2.45 bits per heavy atom. The van der Waals surface area contributed by atoms with Crippen molar-refractivity contribution in [1.29, 1.82) is 0 Å². The fourth-order valence-electron chi connectivity index (χ4n) is 3.84. The van der Waals surface area contributed by atoms with Gasteiger partial charge in [0.25, 0.3) is 5.91 Å². The van der Waals surface area contributed by atoms with Crippen LogP contribution in [-0.4, -0.2) is 59.4 Å². The number of nitrogens with one attached hydrogen (secondary N) is 1. The fourth-order valence-corrected chi connectivity index (χ4v) is 4.01.